The van der Waals surface area contributed by atoms with E-state index in [1.807, 2.05) is 11.3 Å². The first-order chi connectivity index (χ1) is 9.78. The number of hydrogen-bond donors (Lipinski definition) is 2. The molecule has 2 N–H and O–H groups in total. The Morgan fingerprint density at radius 3 is 2.90 bits per heavy atom. The van der Waals surface area contributed by atoms with E-state index in [9.17, 15) is 0 Å². The van der Waals surface area contributed by atoms with E-state index in [2.05, 4.69) is 41.6 Å². The van der Waals surface area contributed by atoms with Gasteiger partial charge in [-0.15, -0.1) is 35.3 Å². The highest BCUT2D eigenvalue weighted by molar-refractivity contribution is 14.0. The van der Waals surface area contributed by atoms with Crippen LogP contribution in [0.3, 0.4) is 0 Å². The number of nitrogens with zero attached hydrogens (tertiary/aromatic N) is 1. The van der Waals surface area contributed by atoms with Gasteiger partial charge in [0.15, 0.2) is 5.96 Å². The van der Waals surface area contributed by atoms with Gasteiger partial charge in [0, 0.05) is 29.5 Å². The van der Waals surface area contributed by atoms with Crippen molar-refractivity contribution in [1.82, 2.24) is 10.6 Å². The predicted octanol–water partition coefficient (Wildman–Crippen LogP) is 3.30. The van der Waals surface area contributed by atoms with E-state index in [1.54, 1.807) is 0 Å². The molecule has 2 heterocycles. The van der Waals surface area contributed by atoms with Crippen LogP contribution in [0.5, 0.6) is 0 Å². The number of rotatable bonds is 6. The Balaban J connectivity index is 0.00000220. The molecule has 1 fully saturated rings. The Morgan fingerprint density at radius 1 is 1.43 bits per heavy atom. The van der Waals surface area contributed by atoms with Gasteiger partial charge in [-0.05, 0) is 45.2 Å². The van der Waals surface area contributed by atoms with Crippen molar-refractivity contribution in [3.63, 3.8) is 0 Å². The summed E-state index contributed by atoms with van der Waals surface area (Å²) in [5.74, 6) is 0.900. The molecule has 0 saturated carbocycles. The summed E-state index contributed by atoms with van der Waals surface area (Å²) in [7, 11) is 0. The molecule has 1 aromatic rings. The van der Waals surface area contributed by atoms with E-state index in [4.69, 9.17) is 4.74 Å². The van der Waals surface area contributed by atoms with Gasteiger partial charge in [-0.2, -0.15) is 0 Å². The lowest BCUT2D eigenvalue weighted by molar-refractivity contribution is 0.105. The summed E-state index contributed by atoms with van der Waals surface area (Å²) in [4.78, 5) is 7.27. The molecule has 2 rings (SSSR count). The molecule has 0 radical (unpaired) electrons. The topological polar surface area (TPSA) is 45.7 Å². The zero-order valence-corrected chi connectivity index (χ0v) is 16.0. The standard InChI is InChI=1S/C15H25N3OS.HI/c1-3-16-15(17-9-8-13-5-4-10-19-13)18-11-14-7-6-12(2)20-14;/h6-7,13H,3-5,8-11H2,1-2H3,(H2,16,17,18);1H. The molecule has 1 atom stereocenters. The molecule has 0 amide bonds. The van der Waals surface area contributed by atoms with Gasteiger partial charge in [-0.3, -0.25) is 0 Å². The summed E-state index contributed by atoms with van der Waals surface area (Å²) in [5.41, 5.74) is 0. The third kappa shape index (κ3) is 6.97. The van der Waals surface area contributed by atoms with Crippen LogP contribution in [0.2, 0.25) is 0 Å². The quantitative estimate of drug-likeness (QED) is 0.419. The number of halogens is 1. The Hall–Kier alpha value is -0.340. The van der Waals surface area contributed by atoms with E-state index < -0.39 is 0 Å². The van der Waals surface area contributed by atoms with Crippen molar-refractivity contribution in [2.24, 2.45) is 4.99 Å². The molecule has 1 aliphatic rings. The number of hydrogen-bond acceptors (Lipinski definition) is 3. The summed E-state index contributed by atoms with van der Waals surface area (Å²) in [6, 6.07) is 4.30. The lowest BCUT2D eigenvalue weighted by Crippen LogP contribution is -2.38. The lowest BCUT2D eigenvalue weighted by Gasteiger charge is -2.13. The second-order valence-corrected chi connectivity index (χ2v) is 6.43. The monoisotopic (exact) mass is 423 g/mol. The van der Waals surface area contributed by atoms with Crippen molar-refractivity contribution in [1.29, 1.82) is 0 Å². The molecule has 0 spiro atoms. The van der Waals surface area contributed by atoms with Crippen LogP contribution in [-0.2, 0) is 11.3 Å². The van der Waals surface area contributed by atoms with Crippen molar-refractivity contribution in [2.45, 2.75) is 45.8 Å². The first-order valence-corrected chi connectivity index (χ1v) is 8.28. The second kappa shape index (κ2) is 10.4. The van der Waals surface area contributed by atoms with E-state index >= 15 is 0 Å². The Kier molecular flexibility index (Phi) is 9.26. The summed E-state index contributed by atoms with van der Waals surface area (Å²) in [6.45, 7) is 7.69. The number of nitrogens with one attached hydrogen (secondary N) is 2. The van der Waals surface area contributed by atoms with Crippen molar-refractivity contribution in [3.8, 4) is 0 Å². The number of aliphatic imine (C=N–C) groups is 1. The molecule has 1 saturated heterocycles. The Bertz CT molecular complexity index is 430. The highest BCUT2D eigenvalue weighted by Gasteiger charge is 2.14. The van der Waals surface area contributed by atoms with Crippen molar-refractivity contribution < 1.29 is 4.74 Å². The van der Waals surface area contributed by atoms with Gasteiger partial charge in [-0.1, -0.05) is 0 Å². The van der Waals surface area contributed by atoms with Crippen LogP contribution in [0.4, 0.5) is 0 Å². The molecular weight excluding hydrogens is 397 g/mol. The fourth-order valence-corrected chi connectivity index (χ4v) is 3.11. The molecular formula is C15H26IN3OS. The largest absolute Gasteiger partial charge is 0.378 e. The molecule has 6 heteroatoms. The fourth-order valence-electron chi connectivity index (χ4n) is 2.29. The lowest BCUT2D eigenvalue weighted by atomic mass is 10.2. The SMILES string of the molecule is CCNC(=NCc1ccc(C)s1)NCCC1CCCO1.I. The van der Waals surface area contributed by atoms with Crippen molar-refractivity contribution >= 4 is 41.3 Å². The van der Waals surface area contributed by atoms with Gasteiger partial charge in [0.1, 0.15) is 0 Å². The molecule has 0 aromatic carbocycles. The molecule has 21 heavy (non-hydrogen) atoms. The molecule has 0 aliphatic carbocycles. The highest BCUT2D eigenvalue weighted by Crippen LogP contribution is 2.16. The third-order valence-electron chi connectivity index (χ3n) is 3.32. The van der Waals surface area contributed by atoms with Crippen molar-refractivity contribution in [3.05, 3.63) is 21.9 Å². The average Bonchev–Trinajstić information content (AvgIpc) is 3.07. The predicted molar refractivity (Wildman–Crippen MR) is 101 cm³/mol. The minimum absolute atomic E-state index is 0. The molecule has 120 valence electrons. The van der Waals surface area contributed by atoms with Crippen LogP contribution >= 0.6 is 35.3 Å². The maximum Gasteiger partial charge on any atom is 0.191 e. The number of aryl methyl sites for hydroxylation is 1. The number of thiophene rings is 1. The fraction of sp³-hybridized carbons (Fsp3) is 0.667. The van der Waals surface area contributed by atoms with Gasteiger partial charge in [-0.25, -0.2) is 4.99 Å². The van der Waals surface area contributed by atoms with E-state index in [1.165, 1.54) is 22.6 Å². The normalized spacial score (nSPS) is 18.4. The van der Waals surface area contributed by atoms with E-state index in [0.29, 0.717) is 6.10 Å². The van der Waals surface area contributed by atoms with Gasteiger partial charge in [0.2, 0.25) is 0 Å². The number of ether oxygens (including phenoxy) is 1. The molecule has 1 aromatic heterocycles. The smallest absolute Gasteiger partial charge is 0.191 e. The van der Waals surface area contributed by atoms with Gasteiger partial charge in [0.05, 0.1) is 12.6 Å². The summed E-state index contributed by atoms with van der Waals surface area (Å²) < 4.78 is 5.63. The minimum Gasteiger partial charge on any atom is -0.378 e. The van der Waals surface area contributed by atoms with Gasteiger partial charge >= 0.3 is 0 Å². The maximum absolute atomic E-state index is 5.63. The average molecular weight is 423 g/mol. The summed E-state index contributed by atoms with van der Waals surface area (Å²) >= 11 is 1.81. The zero-order valence-electron chi connectivity index (χ0n) is 12.9. The second-order valence-electron chi connectivity index (χ2n) is 5.06. The molecule has 1 aliphatic heterocycles. The van der Waals surface area contributed by atoms with Crippen LogP contribution in [0.25, 0.3) is 0 Å². The van der Waals surface area contributed by atoms with E-state index in [-0.39, 0.29) is 24.0 Å². The van der Waals surface area contributed by atoms with Crippen LogP contribution in [0, 0.1) is 6.92 Å². The van der Waals surface area contributed by atoms with Crippen LogP contribution in [0.15, 0.2) is 17.1 Å². The Labute approximate surface area is 148 Å². The highest BCUT2D eigenvalue weighted by atomic mass is 127. The van der Waals surface area contributed by atoms with Crippen LogP contribution < -0.4 is 10.6 Å². The zero-order chi connectivity index (χ0) is 14.2. The number of guanidine groups is 1. The molecule has 1 unspecified atom stereocenters. The Morgan fingerprint density at radius 2 is 2.29 bits per heavy atom. The van der Waals surface area contributed by atoms with Gasteiger partial charge in [0.25, 0.3) is 0 Å². The van der Waals surface area contributed by atoms with E-state index in [0.717, 1.165) is 38.6 Å². The minimum atomic E-state index is 0. The van der Waals surface area contributed by atoms with Crippen LogP contribution in [-0.4, -0.2) is 31.8 Å². The third-order valence-corrected chi connectivity index (χ3v) is 4.30. The first kappa shape index (κ1) is 18.7. The molecule has 0 bridgehead atoms. The van der Waals surface area contributed by atoms with Crippen LogP contribution in [0.1, 0.15) is 35.9 Å². The molecule has 4 nitrogen and oxygen atoms in total. The van der Waals surface area contributed by atoms with Gasteiger partial charge < -0.3 is 15.4 Å². The first-order valence-electron chi connectivity index (χ1n) is 7.47. The van der Waals surface area contributed by atoms with Crippen molar-refractivity contribution in [2.75, 3.05) is 19.7 Å². The summed E-state index contributed by atoms with van der Waals surface area (Å²) in [6.07, 6.45) is 3.90. The maximum atomic E-state index is 5.63. The summed E-state index contributed by atoms with van der Waals surface area (Å²) in [5, 5.41) is 6.68.